The summed E-state index contributed by atoms with van der Waals surface area (Å²) in [4.78, 5) is 19.3. The highest BCUT2D eigenvalue weighted by molar-refractivity contribution is 5.85. The Hall–Kier alpha value is -4.32. The van der Waals surface area contributed by atoms with Gasteiger partial charge in [0.15, 0.2) is 0 Å². The summed E-state index contributed by atoms with van der Waals surface area (Å²) in [5.41, 5.74) is 4.46. The minimum absolute atomic E-state index is 0.112. The van der Waals surface area contributed by atoms with Crippen LogP contribution < -0.4 is 0 Å². The Morgan fingerprint density at radius 3 is 2.37 bits per heavy atom. The molecule has 4 rings (SSSR count). The number of nitro benzene ring substituents is 1. The lowest BCUT2D eigenvalue weighted by Gasteiger charge is -2.10. The van der Waals surface area contributed by atoms with Gasteiger partial charge in [0, 0.05) is 17.7 Å². The molecule has 4 aromatic rings. The number of aromatic hydroxyl groups is 1. The minimum atomic E-state index is -0.530. The molecular formula is C24H17N3O3. The number of phenols is 1. The normalized spacial score (nSPS) is 10.9. The highest BCUT2D eigenvalue weighted by atomic mass is 16.6. The van der Waals surface area contributed by atoms with Crippen molar-refractivity contribution in [1.82, 2.24) is 4.98 Å². The van der Waals surface area contributed by atoms with Gasteiger partial charge in [-0.25, -0.2) is 4.98 Å². The van der Waals surface area contributed by atoms with Crippen LogP contribution in [0.1, 0.15) is 5.69 Å². The third kappa shape index (κ3) is 4.07. The van der Waals surface area contributed by atoms with E-state index in [9.17, 15) is 15.2 Å². The number of aromatic nitrogens is 1. The van der Waals surface area contributed by atoms with Crippen molar-refractivity contribution in [2.45, 2.75) is 0 Å². The van der Waals surface area contributed by atoms with E-state index in [0.717, 1.165) is 22.4 Å². The number of benzene rings is 3. The zero-order valence-corrected chi connectivity index (χ0v) is 15.8. The van der Waals surface area contributed by atoms with E-state index in [1.54, 1.807) is 6.07 Å². The monoisotopic (exact) mass is 395 g/mol. The maximum Gasteiger partial charge on any atom is 0.271 e. The second-order valence-corrected chi connectivity index (χ2v) is 6.55. The molecule has 0 atom stereocenters. The van der Waals surface area contributed by atoms with Gasteiger partial charge in [0.1, 0.15) is 11.4 Å². The second-order valence-electron chi connectivity index (χ2n) is 6.55. The first-order valence-corrected chi connectivity index (χ1v) is 9.25. The molecule has 1 N–H and O–H groups in total. The van der Waals surface area contributed by atoms with Gasteiger partial charge in [-0.15, -0.1) is 0 Å². The van der Waals surface area contributed by atoms with Crippen LogP contribution in [0.3, 0.4) is 0 Å². The molecule has 0 saturated heterocycles. The van der Waals surface area contributed by atoms with Gasteiger partial charge in [-0.05, 0) is 29.3 Å². The average Bonchev–Trinajstić information content (AvgIpc) is 2.79. The van der Waals surface area contributed by atoms with Crippen LogP contribution in [-0.2, 0) is 0 Å². The Morgan fingerprint density at radius 1 is 0.867 bits per heavy atom. The zero-order valence-electron chi connectivity index (χ0n) is 15.8. The summed E-state index contributed by atoms with van der Waals surface area (Å²) in [6.45, 7) is 0. The standard InChI is InChI=1S/C24H17N3O3/c28-24-14-13-19(27(29)30)15-23(24)25-16-18-9-6-12-22(26-18)21-11-5-4-10-20(21)17-7-2-1-3-8-17/h1-16,28H. The lowest BCUT2D eigenvalue weighted by molar-refractivity contribution is -0.384. The molecular weight excluding hydrogens is 378 g/mol. The van der Waals surface area contributed by atoms with Gasteiger partial charge in [-0.2, -0.15) is 0 Å². The molecule has 0 saturated carbocycles. The largest absolute Gasteiger partial charge is 0.506 e. The van der Waals surface area contributed by atoms with E-state index in [1.807, 2.05) is 54.6 Å². The van der Waals surface area contributed by atoms with Crippen LogP contribution >= 0.6 is 0 Å². The first kappa shape index (κ1) is 19.0. The predicted molar refractivity (Wildman–Crippen MR) is 117 cm³/mol. The number of hydrogen-bond acceptors (Lipinski definition) is 5. The van der Waals surface area contributed by atoms with Crippen molar-refractivity contribution in [3.8, 4) is 28.1 Å². The Kier molecular flexibility index (Phi) is 5.30. The Bertz CT molecular complexity index is 1240. The van der Waals surface area contributed by atoms with Crippen LogP contribution in [0.5, 0.6) is 5.75 Å². The van der Waals surface area contributed by atoms with Crippen molar-refractivity contribution < 1.29 is 10.0 Å². The fourth-order valence-electron chi connectivity index (χ4n) is 3.11. The number of hydrogen-bond donors (Lipinski definition) is 1. The van der Waals surface area contributed by atoms with Crippen LogP contribution in [-0.4, -0.2) is 21.2 Å². The molecule has 0 bridgehead atoms. The molecule has 0 aliphatic carbocycles. The van der Waals surface area contributed by atoms with Crippen molar-refractivity contribution in [1.29, 1.82) is 0 Å². The number of nitrogens with zero attached hydrogens (tertiary/aromatic N) is 3. The summed E-state index contributed by atoms with van der Waals surface area (Å²) in [5.74, 6) is -0.137. The lowest BCUT2D eigenvalue weighted by Crippen LogP contribution is -1.92. The van der Waals surface area contributed by atoms with Crippen LogP contribution in [0.15, 0.2) is 96.0 Å². The van der Waals surface area contributed by atoms with Gasteiger partial charge >= 0.3 is 0 Å². The van der Waals surface area contributed by atoms with E-state index in [4.69, 9.17) is 0 Å². The quantitative estimate of drug-likeness (QED) is 0.263. The first-order chi connectivity index (χ1) is 14.6. The van der Waals surface area contributed by atoms with Crippen LogP contribution in [0, 0.1) is 10.1 Å². The highest BCUT2D eigenvalue weighted by Crippen LogP contribution is 2.32. The summed E-state index contributed by atoms with van der Waals surface area (Å²) >= 11 is 0. The summed E-state index contributed by atoms with van der Waals surface area (Å²) in [6, 6.07) is 27.4. The van der Waals surface area contributed by atoms with Crippen LogP contribution in [0.4, 0.5) is 11.4 Å². The molecule has 0 aliphatic rings. The summed E-state index contributed by atoms with van der Waals surface area (Å²) in [5, 5.41) is 20.9. The minimum Gasteiger partial charge on any atom is -0.506 e. The van der Waals surface area contributed by atoms with E-state index >= 15 is 0 Å². The second kappa shape index (κ2) is 8.36. The van der Waals surface area contributed by atoms with E-state index < -0.39 is 4.92 Å². The Balaban J connectivity index is 1.69. The Labute approximate surface area is 173 Å². The van der Waals surface area contributed by atoms with Crippen molar-refractivity contribution in [3.63, 3.8) is 0 Å². The fourth-order valence-corrected chi connectivity index (χ4v) is 3.11. The van der Waals surface area contributed by atoms with E-state index in [1.165, 1.54) is 24.4 Å². The number of aliphatic imine (C=N–C) groups is 1. The summed E-state index contributed by atoms with van der Waals surface area (Å²) in [6.07, 6.45) is 1.48. The molecule has 0 fully saturated rings. The molecule has 0 amide bonds. The van der Waals surface area contributed by atoms with Crippen LogP contribution in [0.25, 0.3) is 22.4 Å². The predicted octanol–water partition coefficient (Wildman–Crippen LogP) is 5.78. The van der Waals surface area contributed by atoms with Crippen molar-refractivity contribution in [2.24, 2.45) is 4.99 Å². The molecule has 6 heteroatoms. The van der Waals surface area contributed by atoms with Gasteiger partial charge < -0.3 is 5.11 Å². The van der Waals surface area contributed by atoms with E-state index in [-0.39, 0.29) is 17.1 Å². The number of rotatable bonds is 5. The molecule has 146 valence electrons. The molecule has 0 radical (unpaired) electrons. The third-order valence-electron chi connectivity index (χ3n) is 4.56. The molecule has 0 spiro atoms. The number of pyridine rings is 1. The molecule has 1 heterocycles. The lowest BCUT2D eigenvalue weighted by atomic mass is 9.97. The molecule has 6 nitrogen and oxygen atoms in total. The van der Waals surface area contributed by atoms with Crippen molar-refractivity contribution in [3.05, 3.63) is 107 Å². The highest BCUT2D eigenvalue weighted by Gasteiger charge is 2.10. The van der Waals surface area contributed by atoms with Gasteiger partial charge in [0.2, 0.25) is 0 Å². The van der Waals surface area contributed by atoms with Gasteiger partial charge in [-0.3, -0.25) is 15.1 Å². The average molecular weight is 395 g/mol. The van der Waals surface area contributed by atoms with Gasteiger partial charge in [0.05, 0.1) is 22.5 Å². The van der Waals surface area contributed by atoms with Crippen molar-refractivity contribution in [2.75, 3.05) is 0 Å². The zero-order chi connectivity index (χ0) is 20.9. The smallest absolute Gasteiger partial charge is 0.271 e. The molecule has 3 aromatic carbocycles. The fraction of sp³-hybridized carbons (Fsp3) is 0. The number of non-ortho nitro benzene ring substituents is 1. The van der Waals surface area contributed by atoms with E-state index in [2.05, 4.69) is 22.1 Å². The first-order valence-electron chi connectivity index (χ1n) is 9.25. The SMILES string of the molecule is O=[N+]([O-])c1ccc(O)c(N=Cc2cccc(-c3ccccc3-c3ccccc3)n2)c1. The van der Waals surface area contributed by atoms with Gasteiger partial charge in [-0.1, -0.05) is 60.7 Å². The van der Waals surface area contributed by atoms with E-state index in [0.29, 0.717) is 5.69 Å². The third-order valence-corrected chi connectivity index (χ3v) is 4.56. The number of nitro groups is 1. The summed E-state index contributed by atoms with van der Waals surface area (Å²) < 4.78 is 0. The maximum atomic E-state index is 10.9. The molecule has 1 aromatic heterocycles. The number of phenolic OH excluding ortho intramolecular Hbond substituents is 1. The van der Waals surface area contributed by atoms with Gasteiger partial charge in [0.25, 0.3) is 5.69 Å². The van der Waals surface area contributed by atoms with Crippen molar-refractivity contribution >= 4 is 17.6 Å². The molecule has 30 heavy (non-hydrogen) atoms. The summed E-state index contributed by atoms with van der Waals surface area (Å²) in [7, 11) is 0. The van der Waals surface area contributed by atoms with Crippen LogP contribution in [0.2, 0.25) is 0 Å². The topological polar surface area (TPSA) is 88.6 Å². The molecule has 0 unspecified atom stereocenters. The maximum absolute atomic E-state index is 10.9. The Morgan fingerprint density at radius 2 is 1.60 bits per heavy atom. The molecule has 0 aliphatic heterocycles.